The minimum absolute atomic E-state index is 0.0738. The molecule has 0 spiro atoms. The largest absolute Gasteiger partial charge is 0.459 e. The van der Waals surface area contributed by atoms with E-state index in [0.717, 1.165) is 16.4 Å². The van der Waals surface area contributed by atoms with Crippen LogP contribution in [-0.2, 0) is 26.1 Å². The van der Waals surface area contributed by atoms with Gasteiger partial charge in [-0.15, -0.1) is 0 Å². The van der Waals surface area contributed by atoms with E-state index in [1.165, 1.54) is 12.1 Å². The zero-order chi connectivity index (χ0) is 21.8. The maximum atomic E-state index is 13.4. The van der Waals surface area contributed by atoms with Crippen molar-refractivity contribution in [1.29, 1.82) is 0 Å². The monoisotopic (exact) mass is 422 g/mol. The van der Waals surface area contributed by atoms with E-state index in [1.54, 1.807) is 59.1 Å². The molecule has 8 heteroatoms. The van der Waals surface area contributed by atoms with Gasteiger partial charge < -0.3 is 4.74 Å². The molecule has 0 unspecified atom stereocenters. The Balaban J connectivity index is 2.55. The normalized spacial score (nSPS) is 13.5. The van der Waals surface area contributed by atoms with Gasteiger partial charge in [0, 0.05) is 18.9 Å². The third-order valence-corrected chi connectivity index (χ3v) is 5.91. The van der Waals surface area contributed by atoms with Crippen molar-refractivity contribution in [2.45, 2.75) is 57.7 Å². The molecule has 0 N–H and O–H groups in total. The number of nitrogens with zero attached hydrogens (tertiary/aromatic N) is 2. The summed E-state index contributed by atoms with van der Waals surface area (Å²) in [6.07, 6.45) is 3.12. The number of hydrogen-bond acceptors (Lipinski definition) is 5. The fraction of sp³-hybridized carbons (Fsp3) is 0.429. The molecule has 0 saturated carbocycles. The molecule has 0 radical (unpaired) electrons. The SMILES string of the molecule is CC(C)[C@H](C(=O)OC(C)(C)C)N(Cc1cccnc1)S(=O)(=O)c1ccc(F)cc1. The summed E-state index contributed by atoms with van der Waals surface area (Å²) in [5.41, 5.74) is -0.156. The molecule has 0 aliphatic rings. The topological polar surface area (TPSA) is 76.6 Å². The Morgan fingerprint density at radius 1 is 1.17 bits per heavy atom. The molecule has 0 bridgehead atoms. The number of halogens is 1. The van der Waals surface area contributed by atoms with Crippen LogP contribution >= 0.6 is 0 Å². The molecule has 2 aromatic rings. The second-order valence-corrected chi connectivity index (χ2v) is 9.98. The summed E-state index contributed by atoms with van der Waals surface area (Å²) >= 11 is 0. The van der Waals surface area contributed by atoms with E-state index in [9.17, 15) is 17.6 Å². The first-order chi connectivity index (χ1) is 13.4. The quantitative estimate of drug-likeness (QED) is 0.635. The number of hydrogen-bond donors (Lipinski definition) is 0. The number of ether oxygens (including phenoxy) is 1. The fourth-order valence-electron chi connectivity index (χ4n) is 2.83. The summed E-state index contributed by atoms with van der Waals surface area (Å²) in [6.45, 7) is 8.61. The van der Waals surface area contributed by atoms with Crippen LogP contribution in [0.5, 0.6) is 0 Å². The Morgan fingerprint density at radius 3 is 2.28 bits per heavy atom. The average Bonchev–Trinajstić information content (AvgIpc) is 2.60. The molecule has 1 heterocycles. The van der Waals surface area contributed by atoms with Crippen molar-refractivity contribution in [3.8, 4) is 0 Å². The van der Waals surface area contributed by atoms with Crippen LogP contribution in [0, 0.1) is 11.7 Å². The summed E-state index contributed by atoms with van der Waals surface area (Å²) in [7, 11) is -4.12. The lowest BCUT2D eigenvalue weighted by molar-refractivity contribution is -0.161. The van der Waals surface area contributed by atoms with Crippen molar-refractivity contribution in [3.63, 3.8) is 0 Å². The smallest absolute Gasteiger partial charge is 0.325 e. The van der Waals surface area contributed by atoms with Crippen molar-refractivity contribution < 1.29 is 22.3 Å². The van der Waals surface area contributed by atoms with E-state index in [1.807, 2.05) is 0 Å². The van der Waals surface area contributed by atoms with Crippen molar-refractivity contribution in [2.75, 3.05) is 0 Å². The van der Waals surface area contributed by atoms with Gasteiger partial charge in [0.1, 0.15) is 17.5 Å². The number of carbonyl (C=O) groups excluding carboxylic acids is 1. The lowest BCUT2D eigenvalue weighted by atomic mass is 10.0. The highest BCUT2D eigenvalue weighted by atomic mass is 32.2. The van der Waals surface area contributed by atoms with E-state index < -0.39 is 33.5 Å². The van der Waals surface area contributed by atoms with Gasteiger partial charge in [-0.1, -0.05) is 19.9 Å². The molecule has 1 aromatic carbocycles. The second-order valence-electron chi connectivity index (χ2n) is 8.09. The fourth-order valence-corrected chi connectivity index (χ4v) is 4.53. The number of sulfonamides is 1. The Hall–Kier alpha value is -2.32. The van der Waals surface area contributed by atoms with E-state index in [4.69, 9.17) is 4.74 Å². The van der Waals surface area contributed by atoms with Gasteiger partial charge in [0.05, 0.1) is 4.90 Å². The van der Waals surface area contributed by atoms with E-state index in [0.29, 0.717) is 5.56 Å². The summed E-state index contributed by atoms with van der Waals surface area (Å²) in [5, 5.41) is 0. The molecule has 0 fully saturated rings. The molecular formula is C21H27FN2O4S. The second kappa shape index (κ2) is 9.00. The Labute approximate surface area is 171 Å². The number of rotatable bonds is 7. The third-order valence-electron chi connectivity index (χ3n) is 4.07. The molecule has 1 atom stereocenters. The highest BCUT2D eigenvalue weighted by molar-refractivity contribution is 7.89. The first-order valence-electron chi connectivity index (χ1n) is 9.31. The van der Waals surface area contributed by atoms with Gasteiger partial charge in [-0.05, 0) is 62.6 Å². The van der Waals surface area contributed by atoms with Gasteiger partial charge in [0.25, 0.3) is 0 Å². The first kappa shape index (κ1) is 23.0. The number of carbonyl (C=O) groups is 1. The third kappa shape index (κ3) is 6.08. The molecule has 158 valence electrons. The molecule has 6 nitrogen and oxygen atoms in total. The minimum atomic E-state index is -4.12. The van der Waals surface area contributed by atoms with Gasteiger partial charge in [0.15, 0.2) is 0 Å². The van der Waals surface area contributed by atoms with Crippen LogP contribution in [0.15, 0.2) is 53.7 Å². The van der Waals surface area contributed by atoms with Crippen LogP contribution in [0.25, 0.3) is 0 Å². The van der Waals surface area contributed by atoms with Crippen LogP contribution in [0.3, 0.4) is 0 Å². The van der Waals surface area contributed by atoms with Crippen LogP contribution in [-0.4, -0.2) is 35.3 Å². The zero-order valence-corrected chi connectivity index (χ0v) is 18.1. The number of esters is 1. The molecule has 0 amide bonds. The molecular weight excluding hydrogens is 395 g/mol. The minimum Gasteiger partial charge on any atom is -0.459 e. The van der Waals surface area contributed by atoms with Crippen molar-refractivity contribution in [3.05, 3.63) is 60.2 Å². The van der Waals surface area contributed by atoms with E-state index in [-0.39, 0.29) is 17.4 Å². The molecule has 0 saturated heterocycles. The van der Waals surface area contributed by atoms with Crippen LogP contribution in [0.2, 0.25) is 0 Å². The predicted molar refractivity (Wildman–Crippen MR) is 108 cm³/mol. The lowest BCUT2D eigenvalue weighted by Gasteiger charge is -2.34. The predicted octanol–water partition coefficient (Wildman–Crippen LogP) is 3.78. The highest BCUT2D eigenvalue weighted by Crippen LogP contribution is 2.26. The Morgan fingerprint density at radius 2 is 1.79 bits per heavy atom. The maximum Gasteiger partial charge on any atom is 0.325 e. The molecule has 29 heavy (non-hydrogen) atoms. The van der Waals surface area contributed by atoms with Crippen LogP contribution < -0.4 is 0 Å². The zero-order valence-electron chi connectivity index (χ0n) is 17.3. The molecule has 0 aliphatic carbocycles. The standard InChI is InChI=1S/C21H27FN2O4S/c1-15(2)19(20(25)28-21(3,4)5)24(14-16-7-6-12-23-13-16)29(26,27)18-10-8-17(22)9-11-18/h6-13,15,19H,14H2,1-5H3/t19-/m1/s1. The molecule has 1 aromatic heterocycles. The summed E-state index contributed by atoms with van der Waals surface area (Å²) in [4.78, 5) is 16.9. The van der Waals surface area contributed by atoms with Crippen LogP contribution in [0.4, 0.5) is 4.39 Å². The molecule has 2 rings (SSSR count). The average molecular weight is 423 g/mol. The van der Waals surface area contributed by atoms with Gasteiger partial charge in [-0.3, -0.25) is 9.78 Å². The summed E-state index contributed by atoms with van der Waals surface area (Å²) < 4.78 is 46.8. The summed E-state index contributed by atoms with van der Waals surface area (Å²) in [6, 6.07) is 6.88. The maximum absolute atomic E-state index is 13.4. The van der Waals surface area contributed by atoms with Crippen molar-refractivity contribution in [1.82, 2.24) is 9.29 Å². The Kier molecular flexibility index (Phi) is 7.13. The first-order valence-corrected chi connectivity index (χ1v) is 10.7. The highest BCUT2D eigenvalue weighted by Gasteiger charge is 2.40. The van der Waals surface area contributed by atoms with Gasteiger partial charge >= 0.3 is 5.97 Å². The van der Waals surface area contributed by atoms with Gasteiger partial charge in [-0.25, -0.2) is 12.8 Å². The number of aromatic nitrogens is 1. The lowest BCUT2D eigenvalue weighted by Crippen LogP contribution is -2.49. The molecule has 0 aliphatic heterocycles. The van der Waals surface area contributed by atoms with Crippen LogP contribution in [0.1, 0.15) is 40.2 Å². The number of pyridine rings is 1. The van der Waals surface area contributed by atoms with Crippen molar-refractivity contribution in [2.24, 2.45) is 5.92 Å². The van der Waals surface area contributed by atoms with Gasteiger partial charge in [-0.2, -0.15) is 4.31 Å². The van der Waals surface area contributed by atoms with E-state index in [2.05, 4.69) is 4.98 Å². The van der Waals surface area contributed by atoms with Gasteiger partial charge in [0.2, 0.25) is 10.0 Å². The van der Waals surface area contributed by atoms with E-state index >= 15 is 0 Å². The van der Waals surface area contributed by atoms with Crippen molar-refractivity contribution >= 4 is 16.0 Å². The Bertz CT molecular complexity index is 923. The summed E-state index contributed by atoms with van der Waals surface area (Å²) in [5.74, 6) is -1.55. The number of benzene rings is 1.